The Morgan fingerprint density at radius 1 is 0.730 bits per heavy atom. The van der Waals surface area contributed by atoms with Gasteiger partial charge in [0.2, 0.25) is 5.75 Å². The van der Waals surface area contributed by atoms with Crippen LogP contribution in [-0.2, 0) is 19.1 Å². The van der Waals surface area contributed by atoms with Gasteiger partial charge in [-0.15, -0.1) is 0 Å². The average molecular weight is 505 g/mol. The molecule has 194 valence electrons. The molecule has 3 atom stereocenters. The highest BCUT2D eigenvalue weighted by Crippen LogP contribution is 2.62. The fourth-order valence-corrected chi connectivity index (χ4v) is 5.67. The van der Waals surface area contributed by atoms with Crippen molar-refractivity contribution >= 4 is 11.9 Å². The molecule has 0 aromatic heterocycles. The summed E-state index contributed by atoms with van der Waals surface area (Å²) in [6.45, 7) is 0. The molecule has 0 radical (unpaired) electrons. The first kappa shape index (κ1) is 26.1. The van der Waals surface area contributed by atoms with Crippen LogP contribution in [0.25, 0.3) is 0 Å². The second-order valence-corrected chi connectivity index (χ2v) is 8.91. The van der Waals surface area contributed by atoms with E-state index in [-0.39, 0.29) is 24.2 Å². The molecule has 4 rings (SSSR count). The zero-order valence-corrected chi connectivity index (χ0v) is 21.7. The lowest BCUT2D eigenvalue weighted by Gasteiger charge is -2.28. The van der Waals surface area contributed by atoms with Gasteiger partial charge in [-0.25, -0.2) is 0 Å². The maximum Gasteiger partial charge on any atom is 0.320 e. The van der Waals surface area contributed by atoms with E-state index in [1.807, 2.05) is 42.5 Å². The number of benzene rings is 3. The number of rotatable bonds is 9. The number of hydrogen-bond donors (Lipinski definition) is 0. The van der Waals surface area contributed by atoms with E-state index >= 15 is 0 Å². The van der Waals surface area contributed by atoms with Crippen LogP contribution in [0.15, 0.2) is 66.7 Å². The SMILES string of the molecule is COC(=O)C(CC1c2cc(OC)c(OC)c(OC)c2C(c2ccccc2)C1c1ccccc1)C(=O)OC. The standard InChI is InChI=1S/C30H32O7/c1-33-23-17-21-20(16-22(29(31)36-4)30(32)37-5)24(18-12-8-6-9-13-18)25(19-14-10-7-11-15-19)26(21)28(35-3)27(23)34-2/h6-15,17,20,22,24-25H,16H2,1-5H3. The molecule has 3 aromatic rings. The van der Waals surface area contributed by atoms with Gasteiger partial charge in [0.15, 0.2) is 17.4 Å². The molecule has 0 aliphatic heterocycles. The van der Waals surface area contributed by atoms with E-state index in [2.05, 4.69) is 24.3 Å². The molecule has 3 unspecified atom stereocenters. The molecule has 0 heterocycles. The molecule has 0 N–H and O–H groups in total. The van der Waals surface area contributed by atoms with Crippen LogP contribution in [0.5, 0.6) is 17.2 Å². The van der Waals surface area contributed by atoms with Gasteiger partial charge >= 0.3 is 11.9 Å². The van der Waals surface area contributed by atoms with Crippen LogP contribution >= 0.6 is 0 Å². The van der Waals surface area contributed by atoms with Gasteiger partial charge < -0.3 is 23.7 Å². The molecular formula is C30H32O7. The zero-order valence-electron chi connectivity index (χ0n) is 21.7. The summed E-state index contributed by atoms with van der Waals surface area (Å²) >= 11 is 0. The fourth-order valence-electron chi connectivity index (χ4n) is 5.67. The summed E-state index contributed by atoms with van der Waals surface area (Å²) in [7, 11) is 7.31. The summed E-state index contributed by atoms with van der Waals surface area (Å²) in [4.78, 5) is 25.5. The van der Waals surface area contributed by atoms with Crippen molar-refractivity contribution in [3.63, 3.8) is 0 Å². The van der Waals surface area contributed by atoms with Crippen molar-refractivity contribution in [2.75, 3.05) is 35.5 Å². The molecule has 0 spiro atoms. The van der Waals surface area contributed by atoms with Crippen LogP contribution in [0.2, 0.25) is 0 Å². The smallest absolute Gasteiger partial charge is 0.320 e. The predicted molar refractivity (Wildman–Crippen MR) is 138 cm³/mol. The summed E-state index contributed by atoms with van der Waals surface area (Å²) in [5, 5.41) is 0. The fraction of sp³-hybridized carbons (Fsp3) is 0.333. The average Bonchev–Trinajstić information content (AvgIpc) is 3.28. The first-order chi connectivity index (χ1) is 18.0. The van der Waals surface area contributed by atoms with Crippen LogP contribution in [-0.4, -0.2) is 47.5 Å². The molecule has 3 aromatic carbocycles. The third-order valence-corrected chi connectivity index (χ3v) is 7.21. The van der Waals surface area contributed by atoms with Gasteiger partial charge in [-0.1, -0.05) is 60.7 Å². The highest BCUT2D eigenvalue weighted by molar-refractivity contribution is 5.95. The molecule has 0 saturated heterocycles. The van der Waals surface area contributed by atoms with E-state index in [1.165, 1.54) is 14.2 Å². The third kappa shape index (κ3) is 4.73. The Labute approximate surface area is 217 Å². The van der Waals surface area contributed by atoms with Crippen molar-refractivity contribution in [2.45, 2.75) is 24.2 Å². The van der Waals surface area contributed by atoms with Crippen molar-refractivity contribution in [2.24, 2.45) is 5.92 Å². The number of fused-ring (bicyclic) bond motifs is 1. The quantitative estimate of drug-likeness (QED) is 0.297. The Bertz CT molecular complexity index is 1220. The number of hydrogen-bond acceptors (Lipinski definition) is 7. The molecule has 1 aliphatic carbocycles. The van der Waals surface area contributed by atoms with Crippen molar-refractivity contribution in [3.8, 4) is 17.2 Å². The highest BCUT2D eigenvalue weighted by atomic mass is 16.5. The summed E-state index contributed by atoms with van der Waals surface area (Å²) in [6, 6.07) is 22.2. The summed E-state index contributed by atoms with van der Waals surface area (Å²) < 4.78 is 27.4. The first-order valence-corrected chi connectivity index (χ1v) is 12.1. The Morgan fingerprint density at radius 3 is 1.76 bits per heavy atom. The lowest BCUT2D eigenvalue weighted by Crippen LogP contribution is -2.29. The van der Waals surface area contributed by atoms with Gasteiger partial charge in [-0.3, -0.25) is 9.59 Å². The largest absolute Gasteiger partial charge is 0.493 e. The van der Waals surface area contributed by atoms with Crippen LogP contribution < -0.4 is 14.2 Å². The van der Waals surface area contributed by atoms with E-state index in [0.717, 1.165) is 22.3 Å². The second kappa shape index (κ2) is 11.4. The molecule has 7 nitrogen and oxygen atoms in total. The maximum atomic E-state index is 12.8. The maximum absolute atomic E-state index is 12.8. The first-order valence-electron chi connectivity index (χ1n) is 12.1. The van der Waals surface area contributed by atoms with Gasteiger partial charge in [0.25, 0.3) is 0 Å². The van der Waals surface area contributed by atoms with E-state index in [4.69, 9.17) is 23.7 Å². The molecule has 1 aliphatic rings. The van der Waals surface area contributed by atoms with E-state index in [1.54, 1.807) is 21.3 Å². The van der Waals surface area contributed by atoms with E-state index in [0.29, 0.717) is 17.2 Å². The number of ether oxygens (including phenoxy) is 5. The van der Waals surface area contributed by atoms with Gasteiger partial charge in [0, 0.05) is 17.4 Å². The van der Waals surface area contributed by atoms with Crippen molar-refractivity contribution in [1.29, 1.82) is 0 Å². The minimum Gasteiger partial charge on any atom is -0.493 e. The molecule has 0 amide bonds. The lowest BCUT2D eigenvalue weighted by molar-refractivity contribution is -0.159. The van der Waals surface area contributed by atoms with Crippen LogP contribution in [0.4, 0.5) is 0 Å². The number of carbonyl (C=O) groups is 2. The minimum absolute atomic E-state index is 0.124. The van der Waals surface area contributed by atoms with Gasteiger partial charge in [0.05, 0.1) is 35.5 Å². The van der Waals surface area contributed by atoms with Gasteiger partial charge in [-0.2, -0.15) is 0 Å². The molecular weight excluding hydrogens is 472 g/mol. The second-order valence-electron chi connectivity index (χ2n) is 8.91. The lowest BCUT2D eigenvalue weighted by atomic mass is 9.75. The van der Waals surface area contributed by atoms with Gasteiger partial charge in [0.1, 0.15) is 0 Å². The summed E-state index contributed by atoms with van der Waals surface area (Å²) in [5.41, 5.74) is 4.03. The Hall–Kier alpha value is -4.00. The zero-order chi connectivity index (χ0) is 26.5. The molecule has 0 bridgehead atoms. The molecule has 37 heavy (non-hydrogen) atoms. The molecule has 0 saturated carbocycles. The normalized spacial score (nSPS) is 18.2. The molecule has 0 fully saturated rings. The number of methoxy groups -OCH3 is 5. The third-order valence-electron chi connectivity index (χ3n) is 7.21. The summed E-state index contributed by atoms with van der Waals surface area (Å²) in [6.07, 6.45) is 0.188. The topological polar surface area (TPSA) is 80.3 Å². The number of carbonyl (C=O) groups excluding carboxylic acids is 2. The Morgan fingerprint density at radius 2 is 1.27 bits per heavy atom. The van der Waals surface area contributed by atoms with Gasteiger partial charge in [-0.05, 0) is 35.1 Å². The van der Waals surface area contributed by atoms with Crippen LogP contribution in [0.1, 0.15) is 46.4 Å². The Balaban J connectivity index is 2.03. The van der Waals surface area contributed by atoms with E-state index < -0.39 is 17.9 Å². The number of esters is 2. The van der Waals surface area contributed by atoms with E-state index in [9.17, 15) is 9.59 Å². The minimum atomic E-state index is -1.09. The molecule has 7 heteroatoms. The van der Waals surface area contributed by atoms with Crippen LogP contribution in [0, 0.1) is 5.92 Å². The van der Waals surface area contributed by atoms with Crippen LogP contribution in [0.3, 0.4) is 0 Å². The van der Waals surface area contributed by atoms with Crippen molar-refractivity contribution in [1.82, 2.24) is 0 Å². The van der Waals surface area contributed by atoms with Crippen molar-refractivity contribution in [3.05, 3.63) is 89.0 Å². The monoisotopic (exact) mass is 504 g/mol. The predicted octanol–water partition coefficient (Wildman–Crippen LogP) is 5.08. The highest BCUT2D eigenvalue weighted by Gasteiger charge is 2.48. The summed E-state index contributed by atoms with van der Waals surface area (Å²) in [5.74, 6) is -1.30. The van der Waals surface area contributed by atoms with Crippen molar-refractivity contribution < 1.29 is 33.3 Å². The Kier molecular flexibility index (Phi) is 8.01.